The third-order valence-electron chi connectivity index (χ3n) is 4.62. The van der Waals surface area contributed by atoms with Gasteiger partial charge in [-0.1, -0.05) is 31.2 Å². The van der Waals surface area contributed by atoms with Crippen molar-refractivity contribution in [3.8, 4) is 0 Å². The number of sulfonamides is 1. The molecule has 0 saturated carbocycles. The number of ether oxygens (including phenoxy) is 1. The Morgan fingerprint density at radius 1 is 1.30 bits per heavy atom. The predicted molar refractivity (Wildman–Crippen MR) is 103 cm³/mol. The molecule has 7 nitrogen and oxygen atoms in total. The number of nitrogens with one attached hydrogen (secondary N) is 1. The van der Waals surface area contributed by atoms with Gasteiger partial charge in [0.05, 0.1) is 5.75 Å². The Balaban J connectivity index is 1.77. The highest BCUT2D eigenvalue weighted by Crippen LogP contribution is 2.22. The van der Waals surface area contributed by atoms with Crippen LogP contribution in [-0.2, 0) is 30.8 Å². The summed E-state index contributed by atoms with van der Waals surface area (Å²) in [6, 6.07) is 7.11. The highest BCUT2D eigenvalue weighted by Gasteiger charge is 2.39. The van der Waals surface area contributed by atoms with Gasteiger partial charge in [0.15, 0.2) is 6.61 Å². The number of carbonyl (C=O) groups is 2. The van der Waals surface area contributed by atoms with Crippen LogP contribution in [0.2, 0.25) is 0 Å². The molecule has 1 fully saturated rings. The van der Waals surface area contributed by atoms with Crippen molar-refractivity contribution in [2.45, 2.75) is 45.6 Å². The second kappa shape index (κ2) is 9.85. The molecule has 1 amide bonds. The summed E-state index contributed by atoms with van der Waals surface area (Å²) in [5.74, 6) is -1.03. The molecule has 1 aliphatic rings. The SMILES string of the molecule is CCCS(=O)(=O)N1CCCC1C(=O)OCC(=O)NCCc1ccccc1C. The third kappa shape index (κ3) is 6.04. The zero-order chi connectivity index (χ0) is 19.9. The van der Waals surface area contributed by atoms with Crippen molar-refractivity contribution in [1.29, 1.82) is 0 Å². The van der Waals surface area contributed by atoms with Gasteiger partial charge in [0.2, 0.25) is 10.0 Å². The minimum Gasteiger partial charge on any atom is -0.454 e. The Labute approximate surface area is 161 Å². The van der Waals surface area contributed by atoms with Crippen LogP contribution in [0.25, 0.3) is 0 Å². The molecule has 8 heteroatoms. The summed E-state index contributed by atoms with van der Waals surface area (Å²) in [5.41, 5.74) is 2.31. The molecule has 150 valence electrons. The van der Waals surface area contributed by atoms with E-state index in [0.717, 1.165) is 11.1 Å². The van der Waals surface area contributed by atoms with Crippen LogP contribution in [0.1, 0.15) is 37.3 Å². The summed E-state index contributed by atoms with van der Waals surface area (Å²) in [6.45, 7) is 4.16. The summed E-state index contributed by atoms with van der Waals surface area (Å²) >= 11 is 0. The lowest BCUT2D eigenvalue weighted by molar-refractivity contribution is -0.151. The maximum atomic E-state index is 12.2. The Morgan fingerprint density at radius 3 is 2.74 bits per heavy atom. The van der Waals surface area contributed by atoms with Crippen LogP contribution in [0.4, 0.5) is 0 Å². The maximum absolute atomic E-state index is 12.2. The lowest BCUT2D eigenvalue weighted by atomic mass is 10.1. The topological polar surface area (TPSA) is 92.8 Å². The largest absolute Gasteiger partial charge is 0.454 e. The molecule has 27 heavy (non-hydrogen) atoms. The molecule has 0 bridgehead atoms. The second-order valence-electron chi connectivity index (χ2n) is 6.72. The van der Waals surface area contributed by atoms with E-state index in [1.165, 1.54) is 4.31 Å². The first-order chi connectivity index (χ1) is 12.8. The summed E-state index contributed by atoms with van der Waals surface area (Å²) in [4.78, 5) is 24.1. The number of nitrogens with zero attached hydrogens (tertiary/aromatic N) is 1. The fourth-order valence-corrected chi connectivity index (χ4v) is 4.93. The fourth-order valence-electron chi connectivity index (χ4n) is 3.19. The third-order valence-corrected chi connectivity index (χ3v) is 6.69. The van der Waals surface area contributed by atoms with E-state index in [1.54, 1.807) is 6.92 Å². The zero-order valence-corrected chi connectivity index (χ0v) is 16.8. The number of esters is 1. The van der Waals surface area contributed by atoms with Gasteiger partial charge < -0.3 is 10.1 Å². The number of aryl methyl sites for hydroxylation is 1. The van der Waals surface area contributed by atoms with E-state index in [9.17, 15) is 18.0 Å². The monoisotopic (exact) mass is 396 g/mol. The van der Waals surface area contributed by atoms with Gasteiger partial charge in [-0.2, -0.15) is 4.31 Å². The van der Waals surface area contributed by atoms with E-state index < -0.39 is 34.5 Å². The highest BCUT2D eigenvalue weighted by atomic mass is 32.2. The quantitative estimate of drug-likeness (QED) is 0.637. The van der Waals surface area contributed by atoms with E-state index in [2.05, 4.69) is 5.32 Å². The number of carbonyl (C=O) groups excluding carboxylic acids is 2. The molecule has 1 aromatic carbocycles. The summed E-state index contributed by atoms with van der Waals surface area (Å²) in [6.07, 6.45) is 2.23. The number of hydrogen-bond acceptors (Lipinski definition) is 5. The van der Waals surface area contributed by atoms with Crippen LogP contribution in [0, 0.1) is 6.92 Å². The molecule has 0 aromatic heterocycles. The molecule has 1 atom stereocenters. The van der Waals surface area contributed by atoms with E-state index in [-0.39, 0.29) is 5.75 Å². The van der Waals surface area contributed by atoms with Crippen molar-refractivity contribution in [2.24, 2.45) is 0 Å². The van der Waals surface area contributed by atoms with Gasteiger partial charge in [-0.25, -0.2) is 8.42 Å². The van der Waals surface area contributed by atoms with Crippen molar-refractivity contribution in [1.82, 2.24) is 9.62 Å². The number of amides is 1. The fraction of sp³-hybridized carbons (Fsp3) is 0.579. The van der Waals surface area contributed by atoms with Crippen LogP contribution >= 0.6 is 0 Å². The molecule has 0 aliphatic carbocycles. The van der Waals surface area contributed by atoms with Gasteiger partial charge in [-0.3, -0.25) is 9.59 Å². The smallest absolute Gasteiger partial charge is 0.324 e. The molecule has 0 spiro atoms. The van der Waals surface area contributed by atoms with Gasteiger partial charge in [0.25, 0.3) is 5.91 Å². The van der Waals surface area contributed by atoms with E-state index >= 15 is 0 Å². The first-order valence-electron chi connectivity index (χ1n) is 9.32. The minimum absolute atomic E-state index is 0.0101. The van der Waals surface area contributed by atoms with Crippen molar-refractivity contribution < 1.29 is 22.7 Å². The summed E-state index contributed by atoms with van der Waals surface area (Å²) < 4.78 is 30.7. The van der Waals surface area contributed by atoms with Crippen LogP contribution in [0.5, 0.6) is 0 Å². The van der Waals surface area contributed by atoms with E-state index in [1.807, 2.05) is 31.2 Å². The minimum atomic E-state index is -3.46. The van der Waals surface area contributed by atoms with Crippen LogP contribution in [-0.4, -0.2) is 56.1 Å². The van der Waals surface area contributed by atoms with Crippen molar-refractivity contribution in [2.75, 3.05) is 25.4 Å². The highest BCUT2D eigenvalue weighted by molar-refractivity contribution is 7.89. The Hall–Kier alpha value is -1.93. The van der Waals surface area contributed by atoms with Crippen molar-refractivity contribution in [3.63, 3.8) is 0 Å². The molecule has 2 rings (SSSR count). The molecular formula is C19H28N2O5S. The first kappa shape index (κ1) is 21.4. The van der Waals surface area contributed by atoms with Crippen molar-refractivity contribution in [3.05, 3.63) is 35.4 Å². The van der Waals surface area contributed by atoms with Gasteiger partial charge in [-0.05, 0) is 43.7 Å². The van der Waals surface area contributed by atoms with Crippen LogP contribution < -0.4 is 5.32 Å². The van der Waals surface area contributed by atoms with Gasteiger partial charge in [0.1, 0.15) is 6.04 Å². The van der Waals surface area contributed by atoms with Crippen molar-refractivity contribution >= 4 is 21.9 Å². The molecule has 1 aromatic rings. The Bertz CT molecular complexity index is 763. The molecule has 1 heterocycles. The normalized spacial score (nSPS) is 17.6. The molecule has 1 unspecified atom stereocenters. The standard InChI is InChI=1S/C19H28N2O5S/c1-3-13-27(24,25)21-12-6-9-17(21)19(23)26-14-18(22)20-11-10-16-8-5-4-7-15(16)2/h4-5,7-8,17H,3,6,9-14H2,1-2H3,(H,20,22). The van der Waals surface area contributed by atoms with E-state index in [0.29, 0.717) is 38.8 Å². The molecule has 1 aliphatic heterocycles. The van der Waals surface area contributed by atoms with Gasteiger partial charge in [-0.15, -0.1) is 0 Å². The van der Waals surface area contributed by atoms with Gasteiger partial charge in [0, 0.05) is 13.1 Å². The molecule has 1 N–H and O–H groups in total. The van der Waals surface area contributed by atoms with Gasteiger partial charge >= 0.3 is 5.97 Å². The van der Waals surface area contributed by atoms with Crippen LogP contribution in [0.3, 0.4) is 0 Å². The predicted octanol–water partition coefficient (Wildman–Crippen LogP) is 1.40. The second-order valence-corrected chi connectivity index (χ2v) is 8.76. The average Bonchev–Trinajstić information content (AvgIpc) is 3.12. The number of rotatable bonds is 9. The summed E-state index contributed by atoms with van der Waals surface area (Å²) in [7, 11) is -3.46. The number of hydrogen-bond donors (Lipinski definition) is 1. The molecule has 1 saturated heterocycles. The first-order valence-corrected chi connectivity index (χ1v) is 10.9. The lowest BCUT2D eigenvalue weighted by Gasteiger charge is -2.22. The lowest BCUT2D eigenvalue weighted by Crippen LogP contribution is -2.43. The molecular weight excluding hydrogens is 368 g/mol. The zero-order valence-electron chi connectivity index (χ0n) is 15.9. The van der Waals surface area contributed by atoms with Crippen LogP contribution in [0.15, 0.2) is 24.3 Å². The van der Waals surface area contributed by atoms with E-state index in [4.69, 9.17) is 4.74 Å². The Morgan fingerprint density at radius 2 is 2.04 bits per heavy atom. The number of benzene rings is 1. The summed E-state index contributed by atoms with van der Waals surface area (Å²) in [5, 5.41) is 2.72. The molecule has 0 radical (unpaired) electrons. The Kier molecular flexibility index (Phi) is 7.79. The average molecular weight is 397 g/mol. The maximum Gasteiger partial charge on any atom is 0.324 e.